The zero-order valence-corrected chi connectivity index (χ0v) is 17.2. The first-order chi connectivity index (χ1) is 13.1. The molecule has 11 nitrogen and oxygen atoms in total. The van der Waals surface area contributed by atoms with Gasteiger partial charge in [0, 0.05) is 12.2 Å². The molecule has 4 amide bonds. The van der Waals surface area contributed by atoms with E-state index in [0.717, 1.165) is 0 Å². The van der Waals surface area contributed by atoms with Crippen LogP contribution in [0, 0.1) is 0 Å². The summed E-state index contributed by atoms with van der Waals surface area (Å²) in [6, 6.07) is -3.15. The number of thioether (sulfide) groups is 1. The highest BCUT2D eigenvalue weighted by Gasteiger charge is 2.25. The molecule has 0 aromatic carbocycles. The summed E-state index contributed by atoms with van der Waals surface area (Å²) >= 11 is 5.33. The standard InChI is InChI=1S/C15H27N5O6S2/c1-28-5-4-8(16)13(23)20-9(2-3-11(17)21)14(24)18-6-12(22)19-10(7-27)15(25)26/h8-10,27H,2-7,16H2,1H3,(H2,17,21)(H,18,24)(H,19,22)(H,20,23)(H,25,26). The molecule has 0 aromatic rings. The molecule has 160 valence electrons. The second-order valence-corrected chi connectivity index (χ2v) is 7.16. The number of aliphatic carboxylic acids is 1. The molecular formula is C15H27N5O6S2. The molecule has 0 fully saturated rings. The lowest BCUT2D eigenvalue weighted by molar-refractivity contribution is -0.141. The average molecular weight is 438 g/mol. The fourth-order valence-electron chi connectivity index (χ4n) is 1.93. The molecule has 0 aromatic heterocycles. The van der Waals surface area contributed by atoms with E-state index >= 15 is 0 Å². The van der Waals surface area contributed by atoms with Crippen molar-refractivity contribution in [2.75, 3.05) is 24.3 Å². The molecule has 0 saturated carbocycles. The largest absolute Gasteiger partial charge is 0.480 e. The van der Waals surface area contributed by atoms with Crippen molar-refractivity contribution in [3.63, 3.8) is 0 Å². The van der Waals surface area contributed by atoms with Gasteiger partial charge < -0.3 is 32.5 Å². The number of nitrogens with two attached hydrogens (primary N) is 2. The molecule has 0 bridgehead atoms. The third kappa shape index (κ3) is 11.0. The highest BCUT2D eigenvalue weighted by Crippen LogP contribution is 2.02. The number of primary amides is 1. The van der Waals surface area contributed by atoms with E-state index in [9.17, 15) is 24.0 Å². The Kier molecular flexibility index (Phi) is 13.1. The summed E-state index contributed by atoms with van der Waals surface area (Å²) in [5.74, 6) is -3.42. The van der Waals surface area contributed by atoms with Gasteiger partial charge >= 0.3 is 5.97 Å². The maximum atomic E-state index is 12.3. The van der Waals surface area contributed by atoms with E-state index in [2.05, 4.69) is 28.6 Å². The molecule has 0 heterocycles. The molecule has 0 radical (unpaired) electrons. The lowest BCUT2D eigenvalue weighted by atomic mass is 10.1. The second-order valence-electron chi connectivity index (χ2n) is 5.81. The first kappa shape index (κ1) is 26.0. The van der Waals surface area contributed by atoms with E-state index in [0.29, 0.717) is 12.2 Å². The molecule has 0 aliphatic rings. The summed E-state index contributed by atoms with van der Waals surface area (Å²) in [6.45, 7) is -0.516. The van der Waals surface area contributed by atoms with Crippen molar-refractivity contribution in [3.05, 3.63) is 0 Å². The summed E-state index contributed by atoms with van der Waals surface area (Å²) in [5.41, 5.74) is 10.8. The fraction of sp³-hybridized carbons (Fsp3) is 0.667. The van der Waals surface area contributed by atoms with E-state index in [-0.39, 0.29) is 18.6 Å². The normalized spacial score (nSPS) is 13.7. The Morgan fingerprint density at radius 1 is 1.07 bits per heavy atom. The minimum atomic E-state index is -1.26. The maximum Gasteiger partial charge on any atom is 0.327 e. The number of rotatable bonds is 14. The molecule has 13 heteroatoms. The number of hydrogen-bond acceptors (Lipinski definition) is 8. The second kappa shape index (κ2) is 14.1. The van der Waals surface area contributed by atoms with Gasteiger partial charge in [0.1, 0.15) is 12.1 Å². The van der Waals surface area contributed by atoms with Crippen molar-refractivity contribution >= 4 is 54.0 Å². The van der Waals surface area contributed by atoms with Crippen LogP contribution in [0.4, 0.5) is 0 Å². The van der Waals surface area contributed by atoms with E-state index in [1.165, 1.54) is 11.8 Å². The van der Waals surface area contributed by atoms with Crippen molar-refractivity contribution in [1.82, 2.24) is 16.0 Å². The highest BCUT2D eigenvalue weighted by molar-refractivity contribution is 7.98. The Balaban J connectivity index is 4.79. The Morgan fingerprint density at radius 3 is 2.21 bits per heavy atom. The van der Waals surface area contributed by atoms with Gasteiger partial charge in [0.05, 0.1) is 12.6 Å². The summed E-state index contributed by atoms with van der Waals surface area (Å²) in [5, 5.41) is 15.8. The molecule has 3 unspecified atom stereocenters. The maximum absolute atomic E-state index is 12.3. The number of carbonyl (C=O) groups excluding carboxylic acids is 4. The van der Waals surface area contributed by atoms with Crippen LogP contribution in [0.3, 0.4) is 0 Å². The van der Waals surface area contributed by atoms with E-state index in [1.807, 2.05) is 6.26 Å². The van der Waals surface area contributed by atoms with Crippen LogP contribution in [0.15, 0.2) is 0 Å². The summed E-state index contributed by atoms with van der Waals surface area (Å²) in [7, 11) is 0. The van der Waals surface area contributed by atoms with Crippen molar-refractivity contribution < 1.29 is 29.1 Å². The van der Waals surface area contributed by atoms with Crippen LogP contribution in [0.1, 0.15) is 19.3 Å². The van der Waals surface area contributed by atoms with Crippen LogP contribution in [0.25, 0.3) is 0 Å². The lowest BCUT2D eigenvalue weighted by Crippen LogP contribution is -2.53. The first-order valence-electron chi connectivity index (χ1n) is 8.36. The fourth-order valence-corrected chi connectivity index (χ4v) is 2.67. The first-order valence-corrected chi connectivity index (χ1v) is 10.4. The zero-order valence-electron chi connectivity index (χ0n) is 15.5. The van der Waals surface area contributed by atoms with Crippen LogP contribution in [-0.2, 0) is 24.0 Å². The minimum Gasteiger partial charge on any atom is -0.480 e. The van der Waals surface area contributed by atoms with E-state index < -0.39 is 54.3 Å². The summed E-state index contributed by atoms with van der Waals surface area (Å²) in [4.78, 5) is 58.0. The smallest absolute Gasteiger partial charge is 0.327 e. The zero-order chi connectivity index (χ0) is 21.7. The Labute approximate surface area is 172 Å². The van der Waals surface area contributed by atoms with Gasteiger partial charge in [0.15, 0.2) is 0 Å². The monoisotopic (exact) mass is 437 g/mol. The molecule has 0 saturated heterocycles. The number of amides is 4. The van der Waals surface area contributed by atoms with E-state index in [1.54, 1.807) is 0 Å². The van der Waals surface area contributed by atoms with E-state index in [4.69, 9.17) is 16.6 Å². The molecule has 28 heavy (non-hydrogen) atoms. The highest BCUT2D eigenvalue weighted by atomic mass is 32.2. The van der Waals surface area contributed by atoms with Gasteiger partial charge in [-0.2, -0.15) is 24.4 Å². The van der Waals surface area contributed by atoms with Crippen LogP contribution in [0.5, 0.6) is 0 Å². The predicted octanol–water partition coefficient (Wildman–Crippen LogP) is -2.57. The number of carbonyl (C=O) groups is 5. The number of nitrogens with one attached hydrogen (secondary N) is 3. The third-order valence-corrected chi connectivity index (χ3v) is 4.53. The van der Waals surface area contributed by atoms with Crippen molar-refractivity contribution in [2.24, 2.45) is 11.5 Å². The lowest BCUT2D eigenvalue weighted by Gasteiger charge is -2.20. The van der Waals surface area contributed by atoms with Crippen LogP contribution in [-0.4, -0.2) is 77.1 Å². The van der Waals surface area contributed by atoms with Crippen LogP contribution in [0.2, 0.25) is 0 Å². The molecule has 3 atom stereocenters. The van der Waals surface area contributed by atoms with Crippen molar-refractivity contribution in [1.29, 1.82) is 0 Å². The van der Waals surface area contributed by atoms with Gasteiger partial charge in [-0.15, -0.1) is 0 Å². The molecule has 8 N–H and O–H groups in total. The van der Waals surface area contributed by atoms with Gasteiger partial charge in [-0.1, -0.05) is 0 Å². The molecular weight excluding hydrogens is 410 g/mol. The van der Waals surface area contributed by atoms with Gasteiger partial charge in [0.2, 0.25) is 23.6 Å². The third-order valence-electron chi connectivity index (χ3n) is 3.52. The molecule has 0 aliphatic carbocycles. The van der Waals surface area contributed by atoms with Gasteiger partial charge in [0.25, 0.3) is 0 Å². The van der Waals surface area contributed by atoms with Gasteiger partial charge in [-0.25, -0.2) is 4.79 Å². The number of carboxylic acid groups (broad SMARTS) is 1. The Hall–Kier alpha value is -1.99. The average Bonchev–Trinajstić information content (AvgIpc) is 2.64. The summed E-state index contributed by atoms with van der Waals surface area (Å²) < 4.78 is 0. The Bertz CT molecular complexity index is 577. The number of hydrogen-bond donors (Lipinski definition) is 7. The molecule has 0 spiro atoms. The van der Waals surface area contributed by atoms with Gasteiger partial charge in [-0.05, 0) is 24.9 Å². The van der Waals surface area contributed by atoms with Crippen molar-refractivity contribution in [2.45, 2.75) is 37.4 Å². The number of thiol groups is 1. The molecule has 0 rings (SSSR count). The SMILES string of the molecule is CSCCC(N)C(=O)NC(CCC(N)=O)C(=O)NCC(=O)NC(CS)C(=O)O. The summed E-state index contributed by atoms with van der Waals surface area (Å²) in [6.07, 6.45) is 2.03. The van der Waals surface area contributed by atoms with Gasteiger partial charge in [-0.3, -0.25) is 19.2 Å². The Morgan fingerprint density at radius 2 is 1.71 bits per heavy atom. The van der Waals surface area contributed by atoms with Crippen LogP contribution >= 0.6 is 24.4 Å². The van der Waals surface area contributed by atoms with Crippen LogP contribution < -0.4 is 27.4 Å². The molecule has 0 aliphatic heterocycles. The quantitative estimate of drug-likeness (QED) is 0.144. The predicted molar refractivity (Wildman–Crippen MR) is 108 cm³/mol. The topological polar surface area (TPSA) is 194 Å². The van der Waals surface area contributed by atoms with Crippen molar-refractivity contribution in [3.8, 4) is 0 Å². The minimum absolute atomic E-state index is 0.0713. The number of carboxylic acids is 1.